The molecule has 0 aliphatic carbocycles. The van der Waals surface area contributed by atoms with Gasteiger partial charge in [-0.05, 0) is 36.1 Å². The summed E-state index contributed by atoms with van der Waals surface area (Å²) in [5.74, 6) is 5.90. The van der Waals surface area contributed by atoms with E-state index in [4.69, 9.17) is 0 Å². The van der Waals surface area contributed by atoms with Gasteiger partial charge in [-0.25, -0.2) is 0 Å². The van der Waals surface area contributed by atoms with Gasteiger partial charge in [-0.1, -0.05) is 62.1 Å². The number of benzene rings is 2. The Kier molecular flexibility index (Phi) is 6.49. The molecule has 0 saturated carbocycles. The van der Waals surface area contributed by atoms with Gasteiger partial charge in [-0.2, -0.15) is 0 Å². The Hall–Kier alpha value is -3.06. The number of carbonyl (C=O) groups excluding carboxylic acids is 2. The second kappa shape index (κ2) is 9.23. The van der Waals surface area contributed by atoms with Crippen molar-refractivity contribution in [2.24, 2.45) is 5.92 Å². The fourth-order valence-electron chi connectivity index (χ4n) is 3.43. The van der Waals surface area contributed by atoms with E-state index in [2.05, 4.69) is 37.1 Å². The van der Waals surface area contributed by atoms with Crippen LogP contribution >= 0.6 is 0 Å². The normalized spacial score (nSPS) is 17.0. The summed E-state index contributed by atoms with van der Waals surface area (Å²) in [5, 5.41) is 2.84. The predicted molar refractivity (Wildman–Crippen MR) is 112 cm³/mol. The van der Waals surface area contributed by atoms with Crippen molar-refractivity contribution in [2.45, 2.75) is 32.6 Å². The molecule has 4 nitrogen and oxygen atoms in total. The highest BCUT2D eigenvalue weighted by Gasteiger charge is 2.35. The lowest BCUT2D eigenvalue weighted by Crippen LogP contribution is -2.33. The molecule has 2 amide bonds. The van der Waals surface area contributed by atoms with Gasteiger partial charge in [0.1, 0.15) is 0 Å². The van der Waals surface area contributed by atoms with Crippen LogP contribution in [0.1, 0.15) is 43.7 Å². The van der Waals surface area contributed by atoms with Crippen LogP contribution in [0.3, 0.4) is 0 Å². The minimum atomic E-state index is -0.337. The third-order valence-corrected chi connectivity index (χ3v) is 5.22. The van der Waals surface area contributed by atoms with Crippen LogP contribution in [0.2, 0.25) is 0 Å². The number of para-hydroxylation sites is 1. The first-order chi connectivity index (χ1) is 13.6. The van der Waals surface area contributed by atoms with E-state index < -0.39 is 0 Å². The van der Waals surface area contributed by atoms with Gasteiger partial charge in [0.25, 0.3) is 0 Å². The van der Waals surface area contributed by atoms with Crippen LogP contribution in [0.15, 0.2) is 54.6 Å². The molecule has 0 bridgehead atoms. The first-order valence-electron chi connectivity index (χ1n) is 9.81. The van der Waals surface area contributed by atoms with E-state index in [1.807, 2.05) is 48.5 Å². The molecule has 1 aliphatic heterocycles. The topological polar surface area (TPSA) is 49.4 Å². The predicted octanol–water partition coefficient (Wildman–Crippen LogP) is 3.72. The van der Waals surface area contributed by atoms with Crippen LogP contribution in [0.4, 0.5) is 5.69 Å². The highest BCUT2D eigenvalue weighted by atomic mass is 16.2. The maximum atomic E-state index is 12.6. The Labute approximate surface area is 166 Å². The lowest BCUT2D eigenvalue weighted by Gasteiger charge is -2.23. The van der Waals surface area contributed by atoms with E-state index >= 15 is 0 Å². The largest absolute Gasteiger partial charge is 0.345 e. The molecule has 0 aromatic heterocycles. The zero-order valence-electron chi connectivity index (χ0n) is 16.4. The van der Waals surface area contributed by atoms with Crippen LogP contribution in [0, 0.1) is 17.8 Å². The first kappa shape index (κ1) is 19.7. The van der Waals surface area contributed by atoms with Gasteiger partial charge in [0, 0.05) is 24.2 Å². The second-order valence-corrected chi connectivity index (χ2v) is 7.16. The molecule has 3 rings (SSSR count). The number of carbonyl (C=O) groups is 2. The Morgan fingerprint density at radius 1 is 1.18 bits per heavy atom. The molecule has 4 heteroatoms. The quantitative estimate of drug-likeness (QED) is 0.811. The molecular formula is C24H26N2O2. The summed E-state index contributed by atoms with van der Waals surface area (Å²) in [5.41, 5.74) is 3.01. The van der Waals surface area contributed by atoms with Gasteiger partial charge in [-0.15, -0.1) is 0 Å². The zero-order chi connectivity index (χ0) is 19.9. The number of anilines is 1. The highest BCUT2D eigenvalue weighted by molar-refractivity contribution is 6.00. The Morgan fingerprint density at radius 2 is 1.89 bits per heavy atom. The standard InChI is InChI=1S/C24H26N2O2/c1-3-18(2)21-13-7-8-14-22(21)26-17-20(16-23(26)27)24(28)25-15-9-12-19-10-5-4-6-11-19/h4-8,10-11,13-14,18,20H,3,15-17H2,1-2H3,(H,25,28). The van der Waals surface area contributed by atoms with E-state index in [9.17, 15) is 9.59 Å². The fraction of sp³-hybridized carbons (Fsp3) is 0.333. The first-order valence-corrected chi connectivity index (χ1v) is 9.81. The van der Waals surface area contributed by atoms with Crippen LogP contribution in [-0.2, 0) is 9.59 Å². The average Bonchev–Trinajstić information content (AvgIpc) is 3.13. The molecule has 1 heterocycles. The van der Waals surface area contributed by atoms with Crippen molar-refractivity contribution in [3.63, 3.8) is 0 Å². The van der Waals surface area contributed by atoms with Crippen molar-refractivity contribution < 1.29 is 9.59 Å². The summed E-state index contributed by atoms with van der Waals surface area (Å²) in [6.45, 7) is 5.00. The van der Waals surface area contributed by atoms with Gasteiger partial charge < -0.3 is 10.2 Å². The molecule has 0 radical (unpaired) electrons. The third-order valence-electron chi connectivity index (χ3n) is 5.22. The summed E-state index contributed by atoms with van der Waals surface area (Å²) >= 11 is 0. The van der Waals surface area contributed by atoms with Gasteiger partial charge in [0.15, 0.2) is 0 Å². The lowest BCUT2D eigenvalue weighted by atomic mass is 9.96. The minimum absolute atomic E-state index is 0.00581. The lowest BCUT2D eigenvalue weighted by molar-refractivity contribution is -0.126. The fourth-order valence-corrected chi connectivity index (χ4v) is 3.43. The number of hydrogen-bond donors (Lipinski definition) is 1. The number of amides is 2. The molecule has 1 aliphatic rings. The summed E-state index contributed by atoms with van der Waals surface area (Å²) in [6.07, 6.45) is 1.25. The molecule has 2 atom stereocenters. The molecule has 28 heavy (non-hydrogen) atoms. The SMILES string of the molecule is CCC(C)c1ccccc1N1CC(C(=O)NCC#Cc2ccccc2)CC1=O. The van der Waals surface area contributed by atoms with Gasteiger partial charge in [0.2, 0.25) is 11.8 Å². The van der Waals surface area contributed by atoms with Gasteiger partial charge in [-0.3, -0.25) is 9.59 Å². The van der Waals surface area contributed by atoms with Crippen molar-refractivity contribution >= 4 is 17.5 Å². The Morgan fingerprint density at radius 3 is 2.64 bits per heavy atom. The van der Waals surface area contributed by atoms with E-state index in [-0.39, 0.29) is 30.7 Å². The summed E-state index contributed by atoms with van der Waals surface area (Å²) < 4.78 is 0. The average molecular weight is 374 g/mol. The molecular weight excluding hydrogens is 348 g/mol. The van der Waals surface area contributed by atoms with E-state index in [0.717, 1.165) is 23.2 Å². The van der Waals surface area contributed by atoms with Crippen LogP contribution in [0.5, 0.6) is 0 Å². The van der Waals surface area contributed by atoms with Gasteiger partial charge in [0.05, 0.1) is 12.5 Å². The second-order valence-electron chi connectivity index (χ2n) is 7.16. The molecule has 1 N–H and O–H groups in total. The minimum Gasteiger partial charge on any atom is -0.345 e. The maximum Gasteiger partial charge on any atom is 0.227 e. The molecule has 2 unspecified atom stereocenters. The van der Waals surface area contributed by atoms with Gasteiger partial charge >= 0.3 is 0 Å². The van der Waals surface area contributed by atoms with E-state index in [0.29, 0.717) is 12.5 Å². The molecule has 2 aromatic rings. The van der Waals surface area contributed by atoms with E-state index in [1.165, 1.54) is 0 Å². The van der Waals surface area contributed by atoms with Crippen LogP contribution < -0.4 is 10.2 Å². The monoisotopic (exact) mass is 374 g/mol. The number of rotatable bonds is 5. The van der Waals surface area contributed by atoms with E-state index in [1.54, 1.807) is 4.90 Å². The molecule has 2 aromatic carbocycles. The third kappa shape index (κ3) is 4.61. The molecule has 1 saturated heterocycles. The van der Waals surface area contributed by atoms with Crippen molar-refractivity contribution in [3.05, 3.63) is 65.7 Å². The number of nitrogens with zero attached hydrogens (tertiary/aromatic N) is 1. The van der Waals surface area contributed by atoms with Crippen LogP contribution in [0.25, 0.3) is 0 Å². The van der Waals surface area contributed by atoms with Crippen molar-refractivity contribution in [1.82, 2.24) is 5.32 Å². The molecule has 0 spiro atoms. The maximum absolute atomic E-state index is 12.6. The van der Waals surface area contributed by atoms with Crippen molar-refractivity contribution in [3.8, 4) is 11.8 Å². The number of nitrogens with one attached hydrogen (secondary N) is 1. The highest BCUT2D eigenvalue weighted by Crippen LogP contribution is 2.33. The summed E-state index contributed by atoms with van der Waals surface area (Å²) in [7, 11) is 0. The van der Waals surface area contributed by atoms with Crippen molar-refractivity contribution in [1.29, 1.82) is 0 Å². The zero-order valence-corrected chi connectivity index (χ0v) is 16.4. The summed E-state index contributed by atoms with van der Waals surface area (Å²) in [6, 6.07) is 17.6. The van der Waals surface area contributed by atoms with Crippen LogP contribution in [-0.4, -0.2) is 24.9 Å². The Bertz CT molecular complexity index is 896. The smallest absolute Gasteiger partial charge is 0.227 e. The summed E-state index contributed by atoms with van der Waals surface area (Å²) in [4.78, 5) is 26.8. The molecule has 1 fully saturated rings. The Balaban J connectivity index is 1.62. The number of hydrogen-bond acceptors (Lipinski definition) is 2. The molecule has 144 valence electrons. The van der Waals surface area contributed by atoms with Crippen molar-refractivity contribution in [2.75, 3.05) is 18.0 Å².